The first-order chi connectivity index (χ1) is 12.7. The summed E-state index contributed by atoms with van der Waals surface area (Å²) < 4.78 is 53.5. The van der Waals surface area contributed by atoms with E-state index in [1.54, 1.807) is 20.9 Å². The van der Waals surface area contributed by atoms with Crippen LogP contribution in [0.4, 0.5) is 17.6 Å². The fourth-order valence-corrected chi connectivity index (χ4v) is 2.28. The number of halogens is 4. The predicted octanol–water partition coefficient (Wildman–Crippen LogP) is 3.22. The van der Waals surface area contributed by atoms with Crippen molar-refractivity contribution >= 4 is 17.8 Å². The van der Waals surface area contributed by atoms with Gasteiger partial charge in [-0.25, -0.2) is 9.07 Å². The molecule has 2 rings (SSSR count). The lowest BCUT2D eigenvalue weighted by atomic mass is 10.0. The van der Waals surface area contributed by atoms with E-state index >= 15 is 0 Å². The first-order valence-electron chi connectivity index (χ1n) is 7.82. The molecule has 0 saturated carbocycles. The quantitative estimate of drug-likeness (QED) is 0.283. The SMILES string of the molecule is CN=C(C)N/C(=C\C=O)c1cn(C(C)c2ccc(C(F)(F)F)cc2F)nn1. The van der Waals surface area contributed by atoms with E-state index in [1.807, 2.05) is 0 Å². The molecule has 0 aliphatic rings. The maximum absolute atomic E-state index is 14.2. The van der Waals surface area contributed by atoms with Crippen molar-refractivity contribution in [1.82, 2.24) is 20.3 Å². The van der Waals surface area contributed by atoms with Crippen LogP contribution in [0.25, 0.3) is 5.70 Å². The highest BCUT2D eigenvalue weighted by atomic mass is 19.4. The van der Waals surface area contributed by atoms with Crippen molar-refractivity contribution < 1.29 is 22.4 Å². The molecule has 1 atom stereocenters. The topological polar surface area (TPSA) is 72.2 Å². The Balaban J connectivity index is 2.32. The van der Waals surface area contributed by atoms with Crippen molar-refractivity contribution in [1.29, 1.82) is 0 Å². The second-order valence-electron chi connectivity index (χ2n) is 5.64. The molecule has 0 saturated heterocycles. The molecule has 6 nitrogen and oxygen atoms in total. The van der Waals surface area contributed by atoms with Crippen LogP contribution in [0.2, 0.25) is 0 Å². The molecule has 0 aliphatic heterocycles. The van der Waals surface area contributed by atoms with E-state index in [4.69, 9.17) is 0 Å². The number of allylic oxidation sites excluding steroid dienone is 1. The molecule has 0 radical (unpaired) electrons. The van der Waals surface area contributed by atoms with Gasteiger partial charge in [0.15, 0.2) is 0 Å². The third-order valence-electron chi connectivity index (χ3n) is 3.85. The number of aliphatic imine (C=N–C) groups is 1. The fraction of sp³-hybridized carbons (Fsp3) is 0.294. The van der Waals surface area contributed by atoms with Gasteiger partial charge in [-0.2, -0.15) is 13.2 Å². The lowest BCUT2D eigenvalue weighted by Crippen LogP contribution is -2.19. The van der Waals surface area contributed by atoms with Gasteiger partial charge in [0.1, 0.15) is 17.8 Å². The number of carbonyl (C=O) groups excluding carboxylic acids is 1. The van der Waals surface area contributed by atoms with E-state index in [0.717, 1.165) is 12.1 Å². The summed E-state index contributed by atoms with van der Waals surface area (Å²) in [4.78, 5) is 14.7. The molecule has 0 spiro atoms. The number of nitrogens with zero attached hydrogens (tertiary/aromatic N) is 4. The molecule has 144 valence electrons. The molecular formula is C17H17F4N5O. The second-order valence-corrected chi connectivity index (χ2v) is 5.64. The number of aromatic nitrogens is 3. The summed E-state index contributed by atoms with van der Waals surface area (Å²) in [6.45, 7) is 3.25. The number of aldehydes is 1. The van der Waals surface area contributed by atoms with E-state index < -0.39 is 23.6 Å². The predicted molar refractivity (Wildman–Crippen MR) is 91.4 cm³/mol. The Bertz CT molecular complexity index is 886. The van der Waals surface area contributed by atoms with E-state index in [2.05, 4.69) is 20.6 Å². The fourth-order valence-electron chi connectivity index (χ4n) is 2.28. The van der Waals surface area contributed by atoms with Crippen LogP contribution in [0.15, 0.2) is 35.5 Å². The minimum Gasteiger partial charge on any atom is -0.342 e. The first-order valence-corrected chi connectivity index (χ1v) is 7.82. The zero-order valence-corrected chi connectivity index (χ0v) is 14.8. The molecule has 27 heavy (non-hydrogen) atoms. The molecule has 1 heterocycles. The summed E-state index contributed by atoms with van der Waals surface area (Å²) in [6, 6.07) is 1.61. The van der Waals surface area contributed by atoms with Crippen LogP contribution in [0.1, 0.15) is 36.7 Å². The number of hydrogen-bond donors (Lipinski definition) is 1. The van der Waals surface area contributed by atoms with Gasteiger partial charge in [-0.3, -0.25) is 9.79 Å². The Morgan fingerprint density at radius 1 is 1.37 bits per heavy atom. The second kappa shape index (κ2) is 8.11. The average molecular weight is 383 g/mol. The van der Waals surface area contributed by atoms with Crippen LogP contribution in [-0.4, -0.2) is 34.2 Å². The molecule has 0 bridgehead atoms. The molecule has 1 aromatic heterocycles. The number of hydrogen-bond acceptors (Lipinski definition) is 4. The number of rotatable bonds is 5. The normalized spacial score (nSPS) is 14.2. The van der Waals surface area contributed by atoms with E-state index in [1.165, 1.54) is 17.0 Å². The largest absolute Gasteiger partial charge is 0.416 e. The van der Waals surface area contributed by atoms with E-state index in [0.29, 0.717) is 29.6 Å². The Labute approximate surface area is 152 Å². The van der Waals surface area contributed by atoms with Crippen LogP contribution in [-0.2, 0) is 11.0 Å². The molecule has 1 aromatic carbocycles. The number of alkyl halides is 3. The van der Waals surface area contributed by atoms with Gasteiger partial charge >= 0.3 is 6.18 Å². The van der Waals surface area contributed by atoms with Gasteiger partial charge in [-0.05, 0) is 26.0 Å². The van der Waals surface area contributed by atoms with Crippen LogP contribution < -0.4 is 5.32 Å². The highest BCUT2D eigenvalue weighted by molar-refractivity contribution is 5.92. The molecule has 0 aliphatic carbocycles. The maximum atomic E-state index is 14.2. The summed E-state index contributed by atoms with van der Waals surface area (Å²) in [5.41, 5.74) is -0.409. The summed E-state index contributed by atoms with van der Waals surface area (Å²) in [6.07, 6.45) is -1.38. The van der Waals surface area contributed by atoms with Gasteiger partial charge in [0.2, 0.25) is 0 Å². The third kappa shape index (κ3) is 4.78. The van der Waals surface area contributed by atoms with Gasteiger partial charge in [0, 0.05) is 18.7 Å². The number of benzene rings is 1. The van der Waals surface area contributed by atoms with Gasteiger partial charge in [0.25, 0.3) is 0 Å². The van der Waals surface area contributed by atoms with Gasteiger partial charge < -0.3 is 5.32 Å². The highest BCUT2D eigenvalue weighted by Crippen LogP contribution is 2.32. The Hall–Kier alpha value is -3.04. The summed E-state index contributed by atoms with van der Waals surface area (Å²) in [5.74, 6) is -0.468. The van der Waals surface area contributed by atoms with Crippen LogP contribution in [0, 0.1) is 5.82 Å². The van der Waals surface area contributed by atoms with E-state index in [-0.39, 0.29) is 5.56 Å². The van der Waals surface area contributed by atoms with Crippen molar-refractivity contribution in [2.24, 2.45) is 4.99 Å². The van der Waals surface area contributed by atoms with Crippen LogP contribution in [0.5, 0.6) is 0 Å². The molecule has 0 fully saturated rings. The zero-order chi connectivity index (χ0) is 20.2. The Kier molecular flexibility index (Phi) is 6.09. The molecule has 0 amide bonds. The highest BCUT2D eigenvalue weighted by Gasteiger charge is 2.31. The summed E-state index contributed by atoms with van der Waals surface area (Å²) >= 11 is 0. The number of nitrogens with one attached hydrogen (secondary N) is 1. The van der Waals surface area contributed by atoms with Crippen molar-refractivity contribution in [3.63, 3.8) is 0 Å². The summed E-state index contributed by atoms with van der Waals surface area (Å²) in [5, 5.41) is 10.7. The van der Waals surface area contributed by atoms with Crippen LogP contribution in [0.3, 0.4) is 0 Å². The standard InChI is InChI=1S/C17H17F4N5O/c1-10(13-5-4-12(8-14(13)18)17(19,20)21)26-9-16(24-25-26)15(6-7-27)23-11(2)22-3/h4-10H,1-3H3,(H,22,23)/b15-6-. The van der Waals surface area contributed by atoms with Gasteiger partial charge in [-0.1, -0.05) is 11.3 Å². The van der Waals surface area contributed by atoms with Crippen LogP contribution >= 0.6 is 0 Å². The smallest absolute Gasteiger partial charge is 0.342 e. The van der Waals surface area contributed by atoms with Gasteiger partial charge in [0.05, 0.1) is 29.3 Å². The Morgan fingerprint density at radius 2 is 2.07 bits per heavy atom. The molecule has 10 heteroatoms. The molecular weight excluding hydrogens is 366 g/mol. The maximum Gasteiger partial charge on any atom is 0.416 e. The van der Waals surface area contributed by atoms with Crippen molar-refractivity contribution in [2.45, 2.75) is 26.1 Å². The van der Waals surface area contributed by atoms with Crippen molar-refractivity contribution in [3.05, 3.63) is 53.1 Å². The van der Waals surface area contributed by atoms with Crippen molar-refractivity contribution in [2.75, 3.05) is 7.05 Å². The third-order valence-corrected chi connectivity index (χ3v) is 3.85. The minimum atomic E-state index is -4.62. The summed E-state index contributed by atoms with van der Waals surface area (Å²) in [7, 11) is 1.56. The van der Waals surface area contributed by atoms with Crippen molar-refractivity contribution in [3.8, 4) is 0 Å². The first kappa shape index (κ1) is 20.3. The number of amidine groups is 1. The lowest BCUT2D eigenvalue weighted by Gasteiger charge is -2.14. The monoisotopic (exact) mass is 383 g/mol. The van der Waals surface area contributed by atoms with E-state index in [9.17, 15) is 22.4 Å². The molecule has 1 N–H and O–H groups in total. The van der Waals surface area contributed by atoms with Gasteiger partial charge in [-0.15, -0.1) is 5.10 Å². The number of carbonyl (C=O) groups is 1. The molecule has 1 unspecified atom stereocenters. The zero-order valence-electron chi connectivity index (χ0n) is 14.8. The lowest BCUT2D eigenvalue weighted by molar-refractivity contribution is -0.137. The minimum absolute atomic E-state index is 0.0274. The Morgan fingerprint density at radius 3 is 2.63 bits per heavy atom. The average Bonchev–Trinajstić information content (AvgIpc) is 3.09. The molecule has 2 aromatic rings.